The fourth-order valence-corrected chi connectivity index (χ4v) is 4.88. The molecule has 0 N–H and O–H groups in total. The number of fused-ring (bicyclic) bond motifs is 2. The van der Waals surface area contributed by atoms with Crippen LogP contribution in [-0.2, 0) is 12.8 Å². The van der Waals surface area contributed by atoms with E-state index < -0.39 is 0 Å². The summed E-state index contributed by atoms with van der Waals surface area (Å²) < 4.78 is 6.60. The quantitative estimate of drug-likeness (QED) is 0.200. The molecule has 0 aliphatic carbocycles. The van der Waals surface area contributed by atoms with Gasteiger partial charge in [-0.3, -0.25) is 0 Å². The molecule has 0 saturated carbocycles. The second kappa shape index (κ2) is 11.9. The molecule has 0 saturated heterocycles. The van der Waals surface area contributed by atoms with Gasteiger partial charge in [-0.25, -0.2) is 0 Å². The van der Waals surface area contributed by atoms with Crippen LogP contribution < -0.4 is 4.74 Å². The summed E-state index contributed by atoms with van der Waals surface area (Å²) in [5, 5.41) is 5.06. The van der Waals surface area contributed by atoms with Crippen LogP contribution in [0.1, 0.15) is 76.3 Å². The lowest BCUT2D eigenvalue weighted by atomic mass is 9.98. The predicted octanol–water partition coefficient (Wildman–Crippen LogP) is 10.0. The summed E-state index contributed by atoms with van der Waals surface area (Å²) >= 11 is 0. The number of rotatable bonds is 12. The van der Waals surface area contributed by atoms with Gasteiger partial charge in [0.1, 0.15) is 11.5 Å². The van der Waals surface area contributed by atoms with Gasteiger partial charge in [-0.05, 0) is 59.7 Å². The van der Waals surface area contributed by atoms with E-state index in [4.69, 9.17) is 4.74 Å². The molecule has 33 heavy (non-hydrogen) atoms. The zero-order chi connectivity index (χ0) is 22.9. The van der Waals surface area contributed by atoms with E-state index in [1.54, 1.807) is 0 Å². The molecule has 0 bridgehead atoms. The molecule has 0 unspecified atom stereocenters. The molecule has 4 aromatic rings. The third kappa shape index (κ3) is 5.77. The molecule has 4 rings (SSSR count). The van der Waals surface area contributed by atoms with Crippen molar-refractivity contribution in [2.45, 2.75) is 78.1 Å². The van der Waals surface area contributed by atoms with Crippen LogP contribution in [0, 0.1) is 0 Å². The smallest absolute Gasteiger partial charge is 0.135 e. The molecule has 172 valence electrons. The fraction of sp³-hybridized carbons (Fsp3) is 0.375. The number of benzene rings is 4. The topological polar surface area (TPSA) is 9.23 Å². The lowest BCUT2D eigenvalue weighted by molar-refractivity contribution is 0.493. The monoisotopic (exact) mass is 438 g/mol. The zero-order valence-electron chi connectivity index (χ0n) is 20.4. The van der Waals surface area contributed by atoms with E-state index in [9.17, 15) is 0 Å². The third-order valence-corrected chi connectivity index (χ3v) is 6.77. The minimum atomic E-state index is 0.948. The van der Waals surface area contributed by atoms with Crippen molar-refractivity contribution >= 4 is 21.5 Å². The Labute approximate surface area is 199 Å². The first-order valence-electron chi connectivity index (χ1n) is 13.0. The molecule has 0 aliphatic heterocycles. The van der Waals surface area contributed by atoms with Gasteiger partial charge in [-0.2, -0.15) is 0 Å². The normalized spacial score (nSPS) is 11.3. The largest absolute Gasteiger partial charge is 0.456 e. The summed E-state index contributed by atoms with van der Waals surface area (Å²) in [5.74, 6) is 1.90. The van der Waals surface area contributed by atoms with Crippen LogP contribution in [0.15, 0.2) is 72.8 Å². The number of unbranched alkanes of at least 4 members (excludes halogenated alkanes) is 6. The Hall–Kier alpha value is -2.80. The lowest BCUT2D eigenvalue weighted by Crippen LogP contribution is -1.94. The van der Waals surface area contributed by atoms with Crippen molar-refractivity contribution in [2.75, 3.05) is 0 Å². The Bertz CT molecular complexity index is 1080. The molecule has 0 aromatic heterocycles. The number of ether oxygens (including phenoxy) is 1. The van der Waals surface area contributed by atoms with Crippen LogP contribution >= 0.6 is 0 Å². The van der Waals surface area contributed by atoms with Gasteiger partial charge in [-0.1, -0.05) is 113 Å². The van der Waals surface area contributed by atoms with Gasteiger partial charge in [0.2, 0.25) is 0 Å². The summed E-state index contributed by atoms with van der Waals surface area (Å²) in [6, 6.07) is 26.3. The van der Waals surface area contributed by atoms with Gasteiger partial charge < -0.3 is 4.74 Å². The van der Waals surface area contributed by atoms with Gasteiger partial charge in [0.05, 0.1) is 0 Å². The molecule has 0 amide bonds. The summed E-state index contributed by atoms with van der Waals surface area (Å²) in [4.78, 5) is 0. The molecular formula is C32H38O. The summed E-state index contributed by atoms with van der Waals surface area (Å²) in [6.07, 6.45) is 12.6. The molecule has 0 aliphatic rings. The van der Waals surface area contributed by atoms with Crippen molar-refractivity contribution in [3.05, 3.63) is 83.9 Å². The van der Waals surface area contributed by atoms with E-state index in [-0.39, 0.29) is 0 Å². The molecular weight excluding hydrogens is 400 g/mol. The van der Waals surface area contributed by atoms with E-state index in [1.807, 2.05) is 0 Å². The maximum absolute atomic E-state index is 6.60. The minimum absolute atomic E-state index is 0.948. The molecule has 0 heterocycles. The Morgan fingerprint density at radius 3 is 1.30 bits per heavy atom. The van der Waals surface area contributed by atoms with Gasteiger partial charge in [-0.15, -0.1) is 0 Å². The Balaban J connectivity index is 1.61. The van der Waals surface area contributed by atoms with Gasteiger partial charge in [0.25, 0.3) is 0 Å². The molecule has 4 aromatic carbocycles. The highest BCUT2D eigenvalue weighted by atomic mass is 16.5. The highest BCUT2D eigenvalue weighted by Crippen LogP contribution is 2.37. The van der Waals surface area contributed by atoms with Crippen molar-refractivity contribution in [2.24, 2.45) is 0 Å². The second-order valence-corrected chi connectivity index (χ2v) is 9.26. The van der Waals surface area contributed by atoms with Gasteiger partial charge in [0, 0.05) is 10.8 Å². The van der Waals surface area contributed by atoms with Crippen LogP contribution in [0.3, 0.4) is 0 Å². The van der Waals surface area contributed by atoms with Crippen LogP contribution in [-0.4, -0.2) is 0 Å². The second-order valence-electron chi connectivity index (χ2n) is 9.26. The van der Waals surface area contributed by atoms with Crippen LogP contribution in [0.5, 0.6) is 11.5 Å². The van der Waals surface area contributed by atoms with Crippen molar-refractivity contribution in [1.82, 2.24) is 0 Å². The molecule has 1 nitrogen and oxygen atoms in total. The molecule has 0 fully saturated rings. The average molecular weight is 439 g/mol. The Morgan fingerprint density at radius 1 is 0.455 bits per heavy atom. The van der Waals surface area contributed by atoms with Crippen molar-refractivity contribution in [1.29, 1.82) is 0 Å². The molecule has 0 radical (unpaired) electrons. The van der Waals surface area contributed by atoms with E-state index >= 15 is 0 Å². The first kappa shape index (κ1) is 23.4. The average Bonchev–Trinajstić information content (AvgIpc) is 2.86. The first-order chi connectivity index (χ1) is 16.3. The number of hydrogen-bond acceptors (Lipinski definition) is 1. The third-order valence-electron chi connectivity index (χ3n) is 6.77. The Kier molecular flexibility index (Phi) is 8.41. The minimum Gasteiger partial charge on any atom is -0.456 e. The number of aryl methyl sites for hydroxylation is 2. The van der Waals surface area contributed by atoms with E-state index in [0.717, 1.165) is 24.3 Å². The fourth-order valence-electron chi connectivity index (χ4n) is 4.88. The van der Waals surface area contributed by atoms with Crippen LogP contribution in [0.25, 0.3) is 21.5 Å². The standard InChI is InChI=1S/C32H38O/c1-3-5-7-9-15-25-21-23-31(29-19-13-11-17-27(25)29)33-32-24-22-26(16-10-8-6-4-2)28-18-12-14-20-30(28)32/h11-14,17-24H,3-10,15-16H2,1-2H3. The van der Waals surface area contributed by atoms with Crippen molar-refractivity contribution in [3.63, 3.8) is 0 Å². The predicted molar refractivity (Wildman–Crippen MR) is 144 cm³/mol. The van der Waals surface area contributed by atoms with Gasteiger partial charge in [0.15, 0.2) is 0 Å². The van der Waals surface area contributed by atoms with E-state index in [2.05, 4.69) is 86.6 Å². The summed E-state index contributed by atoms with van der Waals surface area (Å²) in [6.45, 7) is 4.54. The number of hydrogen-bond donors (Lipinski definition) is 0. The lowest BCUT2D eigenvalue weighted by Gasteiger charge is -2.15. The van der Waals surface area contributed by atoms with Crippen molar-refractivity contribution in [3.8, 4) is 11.5 Å². The highest BCUT2D eigenvalue weighted by molar-refractivity contribution is 5.94. The summed E-state index contributed by atoms with van der Waals surface area (Å²) in [7, 11) is 0. The summed E-state index contributed by atoms with van der Waals surface area (Å²) in [5.41, 5.74) is 2.86. The van der Waals surface area contributed by atoms with Crippen LogP contribution in [0.4, 0.5) is 0 Å². The molecule has 0 spiro atoms. The van der Waals surface area contributed by atoms with E-state index in [0.29, 0.717) is 0 Å². The highest BCUT2D eigenvalue weighted by Gasteiger charge is 2.11. The zero-order valence-corrected chi connectivity index (χ0v) is 20.4. The maximum atomic E-state index is 6.60. The molecule has 0 atom stereocenters. The SMILES string of the molecule is CCCCCCc1ccc(Oc2ccc(CCCCCC)c3ccccc23)c2ccccc12. The van der Waals surface area contributed by atoms with Crippen molar-refractivity contribution < 1.29 is 4.74 Å². The van der Waals surface area contributed by atoms with Gasteiger partial charge >= 0.3 is 0 Å². The van der Waals surface area contributed by atoms with Crippen LogP contribution in [0.2, 0.25) is 0 Å². The maximum Gasteiger partial charge on any atom is 0.135 e. The molecule has 1 heteroatoms. The van der Waals surface area contributed by atoms with E-state index in [1.165, 1.54) is 84.0 Å². The Morgan fingerprint density at radius 2 is 0.879 bits per heavy atom. The first-order valence-corrected chi connectivity index (χ1v) is 13.0.